The van der Waals surface area contributed by atoms with Crippen LogP contribution < -0.4 is 10.0 Å². The van der Waals surface area contributed by atoms with E-state index in [4.69, 9.17) is 0 Å². The number of fused-ring (bicyclic) bond motifs is 1. The van der Waals surface area contributed by atoms with Gasteiger partial charge in [-0.15, -0.1) is 12.4 Å². The van der Waals surface area contributed by atoms with Gasteiger partial charge in [0.25, 0.3) is 10.0 Å². The van der Waals surface area contributed by atoms with Crippen LogP contribution in [0, 0.1) is 0 Å². The Kier molecular flexibility index (Phi) is 4.13. The number of hydrogen-bond donors (Lipinski definition) is 2. The average molecular weight is 302 g/mol. The zero-order chi connectivity index (χ0) is 12.6. The molecule has 1 aromatic carbocycles. The Balaban J connectivity index is 0.00000133. The van der Waals surface area contributed by atoms with Gasteiger partial charge in [0, 0.05) is 5.56 Å². The smallest absolute Gasteiger partial charge is 0.263 e. The predicted molar refractivity (Wildman–Crippen MR) is 76.4 cm³/mol. The van der Waals surface area contributed by atoms with Crippen molar-refractivity contribution in [2.75, 3.05) is 13.1 Å². The van der Waals surface area contributed by atoms with Crippen molar-refractivity contribution < 1.29 is 8.42 Å². The van der Waals surface area contributed by atoms with Crippen LogP contribution in [0.25, 0.3) is 0 Å². The molecule has 0 radical (unpaired) electrons. The molecule has 19 heavy (non-hydrogen) atoms. The summed E-state index contributed by atoms with van der Waals surface area (Å²) < 4.78 is 26.3. The Bertz CT molecular complexity index is 595. The lowest BCUT2D eigenvalue weighted by molar-refractivity contribution is 0.459. The van der Waals surface area contributed by atoms with E-state index in [2.05, 4.69) is 15.0 Å². The quantitative estimate of drug-likeness (QED) is 0.809. The highest BCUT2D eigenvalue weighted by Crippen LogP contribution is 2.23. The minimum absolute atomic E-state index is 0. The summed E-state index contributed by atoms with van der Waals surface area (Å²) in [6.45, 7) is 1.88. The molecule has 2 aliphatic heterocycles. The van der Waals surface area contributed by atoms with Crippen LogP contribution in [0.5, 0.6) is 0 Å². The number of rotatable bonds is 1. The van der Waals surface area contributed by atoms with Gasteiger partial charge in [0.1, 0.15) is 5.84 Å². The van der Waals surface area contributed by atoms with E-state index in [1.807, 2.05) is 6.07 Å². The zero-order valence-corrected chi connectivity index (χ0v) is 11.9. The molecule has 0 aromatic heterocycles. The molecular weight excluding hydrogens is 286 g/mol. The summed E-state index contributed by atoms with van der Waals surface area (Å²) in [6.07, 6.45) is 1.90. The highest BCUT2D eigenvalue weighted by atomic mass is 35.5. The van der Waals surface area contributed by atoms with Crippen molar-refractivity contribution in [3.63, 3.8) is 0 Å². The number of piperidine rings is 1. The van der Waals surface area contributed by atoms with Gasteiger partial charge in [-0.2, -0.15) is 0 Å². The normalized spacial score (nSPS) is 23.5. The van der Waals surface area contributed by atoms with Crippen LogP contribution in [0.1, 0.15) is 18.4 Å². The van der Waals surface area contributed by atoms with Gasteiger partial charge in [-0.3, -0.25) is 9.71 Å². The van der Waals surface area contributed by atoms with Gasteiger partial charge in [0.2, 0.25) is 0 Å². The number of amidine groups is 1. The first-order valence-electron chi connectivity index (χ1n) is 6.07. The van der Waals surface area contributed by atoms with Gasteiger partial charge in [-0.25, -0.2) is 8.42 Å². The number of hydrogen-bond acceptors (Lipinski definition) is 4. The first-order chi connectivity index (χ1) is 8.67. The third kappa shape index (κ3) is 2.75. The van der Waals surface area contributed by atoms with Crippen LogP contribution in [0.2, 0.25) is 0 Å². The summed E-state index contributed by atoms with van der Waals surface area (Å²) in [5.74, 6) is 0.498. The molecule has 104 valence electrons. The Morgan fingerprint density at radius 3 is 2.58 bits per heavy atom. The monoisotopic (exact) mass is 301 g/mol. The lowest BCUT2D eigenvalue weighted by Crippen LogP contribution is -2.32. The molecule has 1 saturated heterocycles. The van der Waals surface area contributed by atoms with Crippen molar-refractivity contribution >= 4 is 28.3 Å². The molecule has 2 heterocycles. The van der Waals surface area contributed by atoms with Gasteiger partial charge in [0.15, 0.2) is 0 Å². The third-order valence-corrected chi connectivity index (χ3v) is 4.68. The van der Waals surface area contributed by atoms with Crippen LogP contribution in [-0.2, 0) is 10.0 Å². The summed E-state index contributed by atoms with van der Waals surface area (Å²) in [6, 6.07) is 7.18. The molecule has 0 spiro atoms. The van der Waals surface area contributed by atoms with Gasteiger partial charge in [0.05, 0.1) is 10.9 Å². The van der Waals surface area contributed by atoms with Crippen molar-refractivity contribution in [2.24, 2.45) is 4.99 Å². The van der Waals surface area contributed by atoms with Gasteiger partial charge in [-0.1, -0.05) is 12.1 Å². The Hall–Kier alpha value is -1.11. The van der Waals surface area contributed by atoms with Crippen LogP contribution in [0.3, 0.4) is 0 Å². The molecule has 0 amide bonds. The fourth-order valence-electron chi connectivity index (χ4n) is 2.35. The maximum atomic E-state index is 11.9. The van der Waals surface area contributed by atoms with E-state index in [1.54, 1.807) is 18.2 Å². The van der Waals surface area contributed by atoms with Gasteiger partial charge >= 0.3 is 0 Å². The van der Waals surface area contributed by atoms with Crippen molar-refractivity contribution in [1.29, 1.82) is 0 Å². The summed E-state index contributed by atoms with van der Waals surface area (Å²) in [4.78, 5) is 4.89. The molecule has 5 nitrogen and oxygen atoms in total. The van der Waals surface area contributed by atoms with E-state index >= 15 is 0 Å². The number of nitrogens with one attached hydrogen (secondary N) is 2. The van der Waals surface area contributed by atoms with E-state index in [1.165, 1.54) is 0 Å². The standard InChI is InChI=1S/C12H15N3O2S.ClH/c16-18(17)11-4-2-1-3-10(11)12(15-18)14-9-5-7-13-8-6-9;/h1-4,9,13H,5-8H2,(H,14,15);1H. The maximum absolute atomic E-state index is 11.9. The highest BCUT2D eigenvalue weighted by Gasteiger charge is 2.30. The number of sulfonamides is 1. The molecule has 0 aliphatic carbocycles. The fourth-order valence-corrected chi connectivity index (χ4v) is 3.59. The lowest BCUT2D eigenvalue weighted by Gasteiger charge is -2.19. The van der Waals surface area contributed by atoms with E-state index in [9.17, 15) is 8.42 Å². The largest absolute Gasteiger partial charge is 0.317 e. The van der Waals surface area contributed by atoms with Crippen LogP contribution in [-0.4, -0.2) is 33.4 Å². The fraction of sp³-hybridized carbons (Fsp3) is 0.417. The van der Waals surface area contributed by atoms with E-state index < -0.39 is 10.0 Å². The zero-order valence-electron chi connectivity index (χ0n) is 10.3. The molecular formula is C12H16ClN3O2S. The highest BCUT2D eigenvalue weighted by molar-refractivity contribution is 7.90. The van der Waals surface area contributed by atoms with E-state index in [0.29, 0.717) is 16.3 Å². The van der Waals surface area contributed by atoms with Gasteiger partial charge < -0.3 is 5.32 Å². The molecule has 0 atom stereocenters. The summed E-state index contributed by atoms with van der Waals surface area (Å²) >= 11 is 0. The average Bonchev–Trinajstić information content (AvgIpc) is 2.63. The summed E-state index contributed by atoms with van der Waals surface area (Å²) in [7, 11) is -3.40. The lowest BCUT2D eigenvalue weighted by atomic mass is 10.1. The number of aliphatic imine (C=N–C) groups is 1. The Labute approximate surface area is 119 Å². The second-order valence-corrected chi connectivity index (χ2v) is 6.21. The molecule has 2 aliphatic rings. The predicted octanol–water partition coefficient (Wildman–Crippen LogP) is 0.899. The maximum Gasteiger partial charge on any atom is 0.263 e. The molecule has 1 fully saturated rings. The molecule has 2 N–H and O–H groups in total. The van der Waals surface area contributed by atoms with Crippen molar-refractivity contribution in [2.45, 2.75) is 23.8 Å². The Morgan fingerprint density at radius 1 is 1.16 bits per heavy atom. The molecule has 0 unspecified atom stereocenters. The van der Waals surface area contributed by atoms with Gasteiger partial charge in [-0.05, 0) is 38.1 Å². The third-order valence-electron chi connectivity index (χ3n) is 3.28. The molecule has 7 heteroatoms. The van der Waals surface area contributed by atoms with Crippen LogP contribution >= 0.6 is 12.4 Å². The van der Waals surface area contributed by atoms with E-state index in [-0.39, 0.29) is 18.4 Å². The summed E-state index contributed by atoms with van der Waals surface area (Å²) in [5, 5.41) is 3.27. The second kappa shape index (κ2) is 5.48. The van der Waals surface area contributed by atoms with Crippen molar-refractivity contribution in [3.05, 3.63) is 29.8 Å². The van der Waals surface area contributed by atoms with Crippen molar-refractivity contribution in [3.8, 4) is 0 Å². The molecule has 0 saturated carbocycles. The topological polar surface area (TPSA) is 70.6 Å². The number of benzene rings is 1. The molecule has 3 rings (SSSR count). The minimum Gasteiger partial charge on any atom is -0.317 e. The SMILES string of the molecule is Cl.O=S1(=O)NC(=NC2CCNCC2)c2ccccc21. The first kappa shape index (κ1) is 14.3. The van der Waals surface area contributed by atoms with Crippen molar-refractivity contribution in [1.82, 2.24) is 10.0 Å². The first-order valence-corrected chi connectivity index (χ1v) is 7.56. The number of halogens is 1. The second-order valence-electron chi connectivity index (χ2n) is 4.56. The van der Waals surface area contributed by atoms with E-state index in [0.717, 1.165) is 25.9 Å². The molecule has 1 aromatic rings. The Morgan fingerprint density at radius 2 is 1.84 bits per heavy atom. The van der Waals surface area contributed by atoms with Crippen LogP contribution in [0.4, 0.5) is 0 Å². The number of nitrogens with zero attached hydrogens (tertiary/aromatic N) is 1. The van der Waals surface area contributed by atoms with Crippen LogP contribution in [0.15, 0.2) is 34.2 Å². The molecule has 0 bridgehead atoms. The summed E-state index contributed by atoms with van der Waals surface area (Å²) in [5.41, 5.74) is 0.691. The minimum atomic E-state index is -3.40.